The Morgan fingerprint density at radius 2 is 1.82 bits per heavy atom. The Kier molecular flexibility index (Phi) is 3.71. The van der Waals surface area contributed by atoms with Crippen LogP contribution in [-0.4, -0.2) is 31.0 Å². The van der Waals surface area contributed by atoms with Crippen molar-refractivity contribution < 1.29 is 24.4 Å². The molecule has 1 atom stereocenters. The van der Waals surface area contributed by atoms with Crippen LogP contribution < -0.4 is 14.2 Å². The van der Waals surface area contributed by atoms with E-state index in [1.807, 2.05) is 12.1 Å². The van der Waals surface area contributed by atoms with Crippen LogP contribution in [-0.2, 0) is 6.42 Å². The van der Waals surface area contributed by atoms with Crippen LogP contribution in [0.2, 0.25) is 0 Å². The Morgan fingerprint density at radius 1 is 1.05 bits per heavy atom. The summed E-state index contributed by atoms with van der Waals surface area (Å²) in [7, 11) is 3.05. The highest BCUT2D eigenvalue weighted by molar-refractivity contribution is 5.57. The second kappa shape index (κ2) is 5.67. The summed E-state index contributed by atoms with van der Waals surface area (Å²) < 4.78 is 16.4. The minimum Gasteiger partial charge on any atom is -0.508 e. The molecule has 0 spiro atoms. The van der Waals surface area contributed by atoms with Gasteiger partial charge in [-0.25, -0.2) is 0 Å². The summed E-state index contributed by atoms with van der Waals surface area (Å²) >= 11 is 0. The lowest BCUT2D eigenvalue weighted by molar-refractivity contribution is 0.255. The fourth-order valence-corrected chi connectivity index (χ4v) is 2.86. The van der Waals surface area contributed by atoms with Crippen LogP contribution in [0.4, 0.5) is 0 Å². The molecular weight excluding hydrogens is 284 g/mol. The first-order chi connectivity index (χ1) is 10.6. The van der Waals surface area contributed by atoms with E-state index in [4.69, 9.17) is 14.2 Å². The molecule has 3 rings (SSSR count). The molecule has 0 saturated heterocycles. The monoisotopic (exact) mass is 302 g/mol. The summed E-state index contributed by atoms with van der Waals surface area (Å²) in [6, 6.07) is 8.57. The molecule has 0 saturated carbocycles. The molecule has 1 aliphatic heterocycles. The molecule has 0 radical (unpaired) electrons. The van der Waals surface area contributed by atoms with Crippen molar-refractivity contribution in [3.05, 3.63) is 41.5 Å². The van der Waals surface area contributed by atoms with E-state index >= 15 is 0 Å². The van der Waals surface area contributed by atoms with Crippen LogP contribution in [0.15, 0.2) is 30.3 Å². The van der Waals surface area contributed by atoms with Crippen LogP contribution in [0.25, 0.3) is 0 Å². The molecule has 0 bridgehead atoms. The first kappa shape index (κ1) is 14.4. The third-order valence-corrected chi connectivity index (χ3v) is 3.93. The summed E-state index contributed by atoms with van der Waals surface area (Å²) in [5.74, 6) is 1.89. The van der Waals surface area contributed by atoms with Crippen molar-refractivity contribution in [1.29, 1.82) is 0 Å². The number of fused-ring (bicyclic) bond motifs is 1. The van der Waals surface area contributed by atoms with Crippen LogP contribution in [0.3, 0.4) is 0 Å². The maximum absolute atomic E-state index is 9.87. The number of rotatable bonds is 3. The Labute approximate surface area is 128 Å². The summed E-state index contributed by atoms with van der Waals surface area (Å²) in [5.41, 5.74) is 1.96. The zero-order valence-electron chi connectivity index (χ0n) is 12.5. The van der Waals surface area contributed by atoms with E-state index in [1.54, 1.807) is 25.3 Å². The number of ether oxygens (including phenoxy) is 3. The summed E-state index contributed by atoms with van der Waals surface area (Å²) in [6.07, 6.45) is 0.764. The number of phenolic OH excluding ortho intramolecular Hbond substituents is 2. The lowest BCUT2D eigenvalue weighted by Gasteiger charge is -2.27. The zero-order chi connectivity index (χ0) is 15.7. The van der Waals surface area contributed by atoms with Gasteiger partial charge >= 0.3 is 0 Å². The van der Waals surface area contributed by atoms with E-state index in [9.17, 15) is 10.2 Å². The van der Waals surface area contributed by atoms with Gasteiger partial charge in [0.25, 0.3) is 0 Å². The minimum atomic E-state index is 0.0464. The lowest BCUT2D eigenvalue weighted by Crippen LogP contribution is -2.19. The van der Waals surface area contributed by atoms with E-state index in [0.717, 1.165) is 17.5 Å². The van der Waals surface area contributed by atoms with Gasteiger partial charge in [-0.1, -0.05) is 12.1 Å². The molecule has 0 aliphatic carbocycles. The normalized spacial score (nSPS) is 16.5. The fourth-order valence-electron chi connectivity index (χ4n) is 2.86. The van der Waals surface area contributed by atoms with Crippen LogP contribution in [0, 0.1) is 0 Å². The van der Waals surface area contributed by atoms with Gasteiger partial charge in [0, 0.05) is 17.5 Å². The van der Waals surface area contributed by atoms with Gasteiger partial charge < -0.3 is 24.4 Å². The van der Waals surface area contributed by atoms with Gasteiger partial charge in [-0.2, -0.15) is 0 Å². The van der Waals surface area contributed by atoms with E-state index in [-0.39, 0.29) is 17.4 Å². The molecule has 0 amide bonds. The number of methoxy groups -OCH3 is 2. The van der Waals surface area contributed by atoms with Crippen LogP contribution in [0.1, 0.15) is 17.0 Å². The molecule has 1 aliphatic rings. The van der Waals surface area contributed by atoms with E-state index < -0.39 is 0 Å². The van der Waals surface area contributed by atoms with Gasteiger partial charge in [0.1, 0.15) is 11.5 Å². The van der Waals surface area contributed by atoms with Gasteiger partial charge in [-0.3, -0.25) is 0 Å². The Morgan fingerprint density at radius 3 is 2.55 bits per heavy atom. The SMILES string of the molecule is COc1c(O)ccc(C2COc3cc(O)ccc3C2)c1OC. The largest absolute Gasteiger partial charge is 0.508 e. The van der Waals surface area contributed by atoms with Crippen LogP contribution >= 0.6 is 0 Å². The van der Waals surface area contributed by atoms with E-state index in [1.165, 1.54) is 7.11 Å². The second-order valence-electron chi connectivity index (χ2n) is 5.24. The van der Waals surface area contributed by atoms with Gasteiger partial charge in [0.2, 0.25) is 5.75 Å². The second-order valence-corrected chi connectivity index (χ2v) is 5.24. The van der Waals surface area contributed by atoms with E-state index in [0.29, 0.717) is 23.9 Å². The fraction of sp³-hybridized carbons (Fsp3) is 0.294. The minimum absolute atomic E-state index is 0.0464. The Hall–Kier alpha value is -2.56. The predicted molar refractivity (Wildman–Crippen MR) is 81.3 cm³/mol. The van der Waals surface area contributed by atoms with Crippen molar-refractivity contribution in [3.8, 4) is 28.7 Å². The van der Waals surface area contributed by atoms with Gasteiger partial charge in [0.05, 0.1) is 20.8 Å². The highest BCUT2D eigenvalue weighted by Crippen LogP contribution is 2.44. The molecular formula is C17H18O5. The maximum Gasteiger partial charge on any atom is 0.203 e. The molecule has 0 aromatic heterocycles. The number of hydrogen-bond acceptors (Lipinski definition) is 5. The molecule has 116 valence electrons. The van der Waals surface area contributed by atoms with E-state index in [2.05, 4.69) is 0 Å². The topological polar surface area (TPSA) is 68.2 Å². The third-order valence-electron chi connectivity index (χ3n) is 3.93. The Bertz CT molecular complexity index is 696. The smallest absolute Gasteiger partial charge is 0.203 e. The predicted octanol–water partition coefficient (Wildman–Crippen LogP) is 2.83. The summed E-state index contributed by atoms with van der Waals surface area (Å²) in [4.78, 5) is 0. The maximum atomic E-state index is 9.87. The Balaban J connectivity index is 1.98. The van der Waals surface area contributed by atoms with Crippen molar-refractivity contribution in [1.82, 2.24) is 0 Å². The van der Waals surface area contributed by atoms with Gasteiger partial charge in [-0.05, 0) is 24.1 Å². The highest BCUT2D eigenvalue weighted by atomic mass is 16.5. The molecule has 2 aromatic carbocycles. The first-order valence-corrected chi connectivity index (χ1v) is 7.02. The zero-order valence-corrected chi connectivity index (χ0v) is 12.5. The molecule has 22 heavy (non-hydrogen) atoms. The average molecular weight is 302 g/mol. The number of hydrogen-bond donors (Lipinski definition) is 2. The molecule has 2 aromatic rings. The molecule has 1 heterocycles. The standard InChI is InChI=1S/C17H18O5/c1-20-16-13(5-6-14(19)17(16)21-2)11-7-10-3-4-12(18)8-15(10)22-9-11/h3-6,8,11,18-19H,7,9H2,1-2H3. The van der Waals surface area contributed by atoms with Crippen molar-refractivity contribution in [2.24, 2.45) is 0 Å². The number of aromatic hydroxyl groups is 2. The first-order valence-electron chi connectivity index (χ1n) is 7.02. The van der Waals surface area contributed by atoms with Crippen molar-refractivity contribution in [2.75, 3.05) is 20.8 Å². The molecule has 2 N–H and O–H groups in total. The van der Waals surface area contributed by atoms with Gasteiger partial charge in [0.15, 0.2) is 11.5 Å². The van der Waals surface area contributed by atoms with Gasteiger partial charge in [-0.15, -0.1) is 0 Å². The number of benzene rings is 2. The highest BCUT2D eigenvalue weighted by Gasteiger charge is 2.27. The van der Waals surface area contributed by atoms with Crippen molar-refractivity contribution >= 4 is 0 Å². The number of phenols is 2. The average Bonchev–Trinajstić information content (AvgIpc) is 2.54. The van der Waals surface area contributed by atoms with Crippen molar-refractivity contribution in [3.63, 3.8) is 0 Å². The summed E-state index contributed by atoms with van der Waals surface area (Å²) in [5, 5.41) is 19.4. The molecule has 1 unspecified atom stereocenters. The van der Waals surface area contributed by atoms with Crippen LogP contribution in [0.5, 0.6) is 28.7 Å². The third kappa shape index (κ3) is 2.39. The molecule has 0 fully saturated rings. The molecule has 5 nitrogen and oxygen atoms in total. The van der Waals surface area contributed by atoms with Crippen molar-refractivity contribution in [2.45, 2.75) is 12.3 Å². The molecule has 5 heteroatoms. The lowest BCUT2D eigenvalue weighted by atomic mass is 9.89. The summed E-state index contributed by atoms with van der Waals surface area (Å²) in [6.45, 7) is 0.473. The quantitative estimate of drug-likeness (QED) is 0.912.